The van der Waals surface area contributed by atoms with Crippen molar-refractivity contribution in [1.29, 1.82) is 0 Å². The molecule has 0 aromatic heterocycles. The largest absolute Gasteiger partial charge is 0.329 e. The quantitative estimate of drug-likeness (QED) is 0.770. The molecule has 0 aliphatic carbocycles. The molecule has 0 amide bonds. The maximum absolute atomic E-state index is 5.72. The molecule has 2 nitrogen and oxygen atoms in total. The summed E-state index contributed by atoms with van der Waals surface area (Å²) in [7, 11) is 0. The Labute approximate surface area is 99.2 Å². The SMILES string of the molecule is Cc1ccccc1CCNC(CN)C(C)C. The topological polar surface area (TPSA) is 38.0 Å². The second-order valence-electron chi connectivity index (χ2n) is 4.72. The van der Waals surface area contributed by atoms with Crippen molar-refractivity contribution < 1.29 is 0 Å². The maximum atomic E-state index is 5.72. The fourth-order valence-corrected chi connectivity index (χ4v) is 1.87. The first-order valence-corrected chi connectivity index (χ1v) is 6.13. The van der Waals surface area contributed by atoms with Crippen LogP contribution in [-0.4, -0.2) is 19.1 Å². The predicted molar refractivity (Wildman–Crippen MR) is 70.6 cm³/mol. The van der Waals surface area contributed by atoms with Crippen LogP contribution in [0.15, 0.2) is 24.3 Å². The van der Waals surface area contributed by atoms with Gasteiger partial charge in [0.1, 0.15) is 0 Å². The van der Waals surface area contributed by atoms with E-state index in [2.05, 4.69) is 50.4 Å². The molecule has 0 fully saturated rings. The molecule has 0 aliphatic heterocycles. The Morgan fingerprint density at radius 3 is 2.50 bits per heavy atom. The first-order chi connectivity index (χ1) is 7.65. The van der Waals surface area contributed by atoms with Crippen LogP contribution >= 0.6 is 0 Å². The van der Waals surface area contributed by atoms with Gasteiger partial charge in [0, 0.05) is 12.6 Å². The zero-order valence-electron chi connectivity index (χ0n) is 10.7. The standard InChI is InChI=1S/C14H24N2/c1-11(2)14(10-15)16-9-8-13-7-5-4-6-12(13)3/h4-7,11,14,16H,8-10,15H2,1-3H3. The Morgan fingerprint density at radius 1 is 1.25 bits per heavy atom. The summed E-state index contributed by atoms with van der Waals surface area (Å²) in [5.41, 5.74) is 8.52. The van der Waals surface area contributed by atoms with Crippen molar-refractivity contribution in [1.82, 2.24) is 5.32 Å². The molecule has 0 bridgehead atoms. The van der Waals surface area contributed by atoms with Crippen LogP contribution < -0.4 is 11.1 Å². The van der Waals surface area contributed by atoms with Crippen molar-refractivity contribution in [3.63, 3.8) is 0 Å². The van der Waals surface area contributed by atoms with E-state index in [1.54, 1.807) is 0 Å². The third-order valence-corrected chi connectivity index (χ3v) is 3.12. The van der Waals surface area contributed by atoms with Crippen LogP contribution in [0.25, 0.3) is 0 Å². The molecule has 3 N–H and O–H groups in total. The summed E-state index contributed by atoms with van der Waals surface area (Å²) in [5.74, 6) is 0.599. The van der Waals surface area contributed by atoms with Crippen molar-refractivity contribution in [2.24, 2.45) is 11.7 Å². The van der Waals surface area contributed by atoms with E-state index in [-0.39, 0.29) is 0 Å². The highest BCUT2D eigenvalue weighted by Crippen LogP contribution is 2.07. The lowest BCUT2D eigenvalue weighted by Gasteiger charge is -2.20. The molecule has 16 heavy (non-hydrogen) atoms. The van der Waals surface area contributed by atoms with Crippen molar-refractivity contribution in [3.05, 3.63) is 35.4 Å². The molecule has 1 aromatic carbocycles. The highest BCUT2D eigenvalue weighted by atomic mass is 14.9. The van der Waals surface area contributed by atoms with Gasteiger partial charge < -0.3 is 11.1 Å². The van der Waals surface area contributed by atoms with Crippen LogP contribution in [0.1, 0.15) is 25.0 Å². The predicted octanol–water partition coefficient (Wildman–Crippen LogP) is 2.11. The number of hydrogen-bond donors (Lipinski definition) is 2. The highest BCUT2D eigenvalue weighted by molar-refractivity contribution is 5.25. The summed E-state index contributed by atoms with van der Waals surface area (Å²) in [6.45, 7) is 8.30. The van der Waals surface area contributed by atoms with E-state index in [0.29, 0.717) is 18.5 Å². The molecule has 90 valence electrons. The lowest BCUT2D eigenvalue weighted by Crippen LogP contribution is -2.41. The average Bonchev–Trinajstić information content (AvgIpc) is 2.26. The van der Waals surface area contributed by atoms with E-state index in [4.69, 9.17) is 5.73 Å². The van der Waals surface area contributed by atoms with Crippen molar-refractivity contribution >= 4 is 0 Å². The van der Waals surface area contributed by atoms with Crippen molar-refractivity contribution in [3.8, 4) is 0 Å². The lowest BCUT2D eigenvalue weighted by atomic mass is 10.0. The molecule has 1 unspecified atom stereocenters. The first kappa shape index (κ1) is 13.2. The van der Waals surface area contributed by atoms with Crippen molar-refractivity contribution in [2.45, 2.75) is 33.2 Å². The van der Waals surface area contributed by atoms with Gasteiger partial charge in [0.05, 0.1) is 0 Å². The summed E-state index contributed by atoms with van der Waals surface area (Å²) < 4.78 is 0. The molecule has 0 saturated heterocycles. The van der Waals surface area contributed by atoms with Gasteiger partial charge in [-0.2, -0.15) is 0 Å². The Morgan fingerprint density at radius 2 is 1.94 bits per heavy atom. The third kappa shape index (κ3) is 3.95. The van der Waals surface area contributed by atoms with E-state index < -0.39 is 0 Å². The van der Waals surface area contributed by atoms with Gasteiger partial charge in [0.15, 0.2) is 0 Å². The highest BCUT2D eigenvalue weighted by Gasteiger charge is 2.09. The molecule has 1 atom stereocenters. The maximum Gasteiger partial charge on any atom is 0.0213 e. The second kappa shape index (κ2) is 6.66. The van der Waals surface area contributed by atoms with Gasteiger partial charge in [-0.1, -0.05) is 38.1 Å². The van der Waals surface area contributed by atoms with E-state index in [0.717, 1.165) is 13.0 Å². The van der Waals surface area contributed by atoms with Gasteiger partial charge in [-0.25, -0.2) is 0 Å². The molecule has 1 rings (SSSR count). The molecular formula is C14H24N2. The van der Waals surface area contributed by atoms with Crippen LogP contribution in [0.4, 0.5) is 0 Å². The summed E-state index contributed by atoms with van der Waals surface area (Å²) in [6, 6.07) is 8.99. The molecule has 0 spiro atoms. The van der Waals surface area contributed by atoms with Crippen LogP contribution in [-0.2, 0) is 6.42 Å². The van der Waals surface area contributed by atoms with E-state index in [1.165, 1.54) is 11.1 Å². The van der Waals surface area contributed by atoms with E-state index in [1.807, 2.05) is 0 Å². The summed E-state index contributed by atoms with van der Waals surface area (Å²) in [5, 5.41) is 3.52. The van der Waals surface area contributed by atoms with Crippen LogP contribution in [0.2, 0.25) is 0 Å². The van der Waals surface area contributed by atoms with Crippen molar-refractivity contribution in [2.75, 3.05) is 13.1 Å². The zero-order valence-corrected chi connectivity index (χ0v) is 10.7. The van der Waals surface area contributed by atoms with Gasteiger partial charge in [-0.3, -0.25) is 0 Å². The summed E-state index contributed by atoms with van der Waals surface area (Å²) in [6.07, 6.45) is 1.08. The number of aryl methyl sites for hydroxylation is 1. The molecule has 0 saturated carbocycles. The minimum Gasteiger partial charge on any atom is -0.329 e. The summed E-state index contributed by atoms with van der Waals surface area (Å²) in [4.78, 5) is 0. The Bertz CT molecular complexity index is 307. The fourth-order valence-electron chi connectivity index (χ4n) is 1.87. The number of benzene rings is 1. The zero-order chi connectivity index (χ0) is 12.0. The first-order valence-electron chi connectivity index (χ1n) is 6.13. The van der Waals surface area contributed by atoms with Crippen LogP contribution in [0, 0.1) is 12.8 Å². The van der Waals surface area contributed by atoms with Gasteiger partial charge >= 0.3 is 0 Å². The minimum atomic E-state index is 0.434. The Balaban J connectivity index is 2.38. The normalized spacial score (nSPS) is 13.1. The Kier molecular flexibility index (Phi) is 5.50. The molecule has 0 aliphatic rings. The van der Waals surface area contributed by atoms with Gasteiger partial charge in [-0.15, -0.1) is 0 Å². The second-order valence-corrected chi connectivity index (χ2v) is 4.72. The Hall–Kier alpha value is -0.860. The number of nitrogens with one attached hydrogen (secondary N) is 1. The molecule has 0 radical (unpaired) electrons. The van der Waals surface area contributed by atoms with Gasteiger partial charge in [-0.05, 0) is 36.9 Å². The number of nitrogens with two attached hydrogens (primary N) is 1. The van der Waals surface area contributed by atoms with E-state index >= 15 is 0 Å². The van der Waals surface area contributed by atoms with Crippen LogP contribution in [0.3, 0.4) is 0 Å². The molecule has 0 heterocycles. The lowest BCUT2D eigenvalue weighted by molar-refractivity contribution is 0.409. The number of hydrogen-bond acceptors (Lipinski definition) is 2. The fraction of sp³-hybridized carbons (Fsp3) is 0.571. The summed E-state index contributed by atoms with van der Waals surface area (Å²) >= 11 is 0. The molecular weight excluding hydrogens is 196 g/mol. The third-order valence-electron chi connectivity index (χ3n) is 3.12. The minimum absolute atomic E-state index is 0.434. The van der Waals surface area contributed by atoms with Crippen LogP contribution in [0.5, 0.6) is 0 Å². The number of rotatable bonds is 6. The van der Waals surface area contributed by atoms with E-state index in [9.17, 15) is 0 Å². The van der Waals surface area contributed by atoms with Gasteiger partial charge in [0.25, 0.3) is 0 Å². The average molecular weight is 220 g/mol. The monoisotopic (exact) mass is 220 g/mol. The molecule has 2 heteroatoms. The van der Waals surface area contributed by atoms with Gasteiger partial charge in [0.2, 0.25) is 0 Å². The smallest absolute Gasteiger partial charge is 0.0213 e. The molecule has 1 aromatic rings.